The van der Waals surface area contributed by atoms with E-state index >= 15 is 0 Å². The van der Waals surface area contributed by atoms with Crippen LogP contribution in [0, 0.1) is 11.8 Å². The fourth-order valence-corrected chi connectivity index (χ4v) is 4.56. The van der Waals surface area contributed by atoms with Crippen molar-refractivity contribution in [3.8, 4) is 11.8 Å². The highest BCUT2D eigenvalue weighted by Crippen LogP contribution is 2.32. The predicted molar refractivity (Wildman–Crippen MR) is 117 cm³/mol. The standard InChI is InChI=1S/C24H30F3N3O/c25-24(26,27)17-30-20(8-5-13-28-18-11-14-31-15-12-18)16-21-22(9-4-10-23(21)30)29-19-6-2-1-3-7-19/h4,9-10,16,18-19,28-29H,1-3,6-7,11-15,17H2. The van der Waals surface area contributed by atoms with Gasteiger partial charge in [-0.1, -0.05) is 31.2 Å². The van der Waals surface area contributed by atoms with Gasteiger partial charge in [0.15, 0.2) is 0 Å². The van der Waals surface area contributed by atoms with Crippen LogP contribution >= 0.6 is 0 Å². The number of rotatable bonds is 5. The molecule has 31 heavy (non-hydrogen) atoms. The summed E-state index contributed by atoms with van der Waals surface area (Å²) in [6.07, 6.45) is 3.41. The van der Waals surface area contributed by atoms with Crippen molar-refractivity contribution >= 4 is 16.6 Å². The molecule has 0 spiro atoms. The van der Waals surface area contributed by atoms with E-state index in [-0.39, 0.29) is 0 Å². The third kappa shape index (κ3) is 5.96. The SMILES string of the molecule is FC(F)(F)Cn1c(C#CCNC2CCOCC2)cc2c(NC3CCCCC3)cccc21. The number of nitrogens with zero attached hydrogens (tertiary/aromatic N) is 1. The first-order chi connectivity index (χ1) is 15.0. The van der Waals surface area contributed by atoms with Crippen molar-refractivity contribution in [3.63, 3.8) is 0 Å². The van der Waals surface area contributed by atoms with Crippen LogP contribution < -0.4 is 10.6 Å². The average Bonchev–Trinajstić information content (AvgIpc) is 3.10. The van der Waals surface area contributed by atoms with Gasteiger partial charge in [0.05, 0.1) is 17.8 Å². The molecule has 1 saturated carbocycles. The van der Waals surface area contributed by atoms with Crippen molar-refractivity contribution in [1.82, 2.24) is 9.88 Å². The smallest absolute Gasteiger partial charge is 0.382 e. The summed E-state index contributed by atoms with van der Waals surface area (Å²) in [5, 5.41) is 7.74. The van der Waals surface area contributed by atoms with Gasteiger partial charge in [-0.25, -0.2) is 0 Å². The Morgan fingerprint density at radius 3 is 2.55 bits per heavy atom. The van der Waals surface area contributed by atoms with E-state index in [4.69, 9.17) is 4.74 Å². The van der Waals surface area contributed by atoms with Gasteiger partial charge in [-0.2, -0.15) is 13.2 Å². The molecule has 1 aliphatic heterocycles. The second kappa shape index (κ2) is 9.97. The second-order valence-electron chi connectivity index (χ2n) is 8.52. The van der Waals surface area contributed by atoms with Gasteiger partial charge in [0, 0.05) is 36.4 Å². The Hall–Kier alpha value is -2.17. The molecule has 2 aliphatic rings. The molecule has 0 radical (unpaired) electrons. The Morgan fingerprint density at radius 1 is 1.03 bits per heavy atom. The number of aromatic nitrogens is 1. The van der Waals surface area contributed by atoms with E-state index in [1.165, 1.54) is 23.8 Å². The zero-order valence-corrected chi connectivity index (χ0v) is 17.7. The lowest BCUT2D eigenvalue weighted by atomic mass is 9.95. The van der Waals surface area contributed by atoms with E-state index in [2.05, 4.69) is 22.5 Å². The number of halogens is 3. The van der Waals surface area contributed by atoms with Crippen LogP contribution in [-0.4, -0.2) is 42.6 Å². The summed E-state index contributed by atoms with van der Waals surface area (Å²) in [5.41, 5.74) is 1.87. The maximum atomic E-state index is 13.3. The number of hydrogen-bond acceptors (Lipinski definition) is 3. The Labute approximate surface area is 181 Å². The van der Waals surface area contributed by atoms with Gasteiger partial charge in [0.2, 0.25) is 0 Å². The molecule has 2 aromatic rings. The lowest BCUT2D eigenvalue weighted by molar-refractivity contribution is -0.140. The van der Waals surface area contributed by atoms with Crippen LogP contribution in [0.1, 0.15) is 50.6 Å². The molecule has 1 aromatic carbocycles. The molecule has 0 amide bonds. The summed E-state index contributed by atoms with van der Waals surface area (Å²) in [6, 6.07) is 8.06. The first kappa shape index (κ1) is 22.0. The van der Waals surface area contributed by atoms with Gasteiger partial charge < -0.3 is 19.9 Å². The van der Waals surface area contributed by atoms with Crippen molar-refractivity contribution in [2.24, 2.45) is 0 Å². The second-order valence-corrected chi connectivity index (χ2v) is 8.52. The monoisotopic (exact) mass is 433 g/mol. The number of alkyl halides is 3. The summed E-state index contributed by atoms with van der Waals surface area (Å²) in [6.45, 7) is 0.884. The maximum Gasteiger partial charge on any atom is 0.406 e. The number of ether oxygens (including phenoxy) is 1. The van der Waals surface area contributed by atoms with Gasteiger partial charge in [0.25, 0.3) is 0 Å². The van der Waals surface area contributed by atoms with E-state index in [0.717, 1.165) is 50.0 Å². The molecule has 7 heteroatoms. The molecular formula is C24H30F3N3O. The van der Waals surface area contributed by atoms with Crippen molar-refractivity contribution < 1.29 is 17.9 Å². The highest BCUT2D eigenvalue weighted by atomic mass is 19.4. The fraction of sp³-hybridized carbons (Fsp3) is 0.583. The molecule has 168 valence electrons. The molecule has 0 bridgehead atoms. The summed E-state index contributed by atoms with van der Waals surface area (Å²) in [5.74, 6) is 6.01. The van der Waals surface area contributed by atoms with Gasteiger partial charge in [-0.15, -0.1) is 0 Å². The van der Waals surface area contributed by atoms with E-state index in [1.807, 2.05) is 12.1 Å². The third-order valence-corrected chi connectivity index (χ3v) is 6.16. The Balaban J connectivity index is 1.57. The van der Waals surface area contributed by atoms with Gasteiger partial charge in [-0.3, -0.25) is 0 Å². The Morgan fingerprint density at radius 2 is 1.81 bits per heavy atom. The molecular weight excluding hydrogens is 403 g/mol. The molecule has 2 heterocycles. The van der Waals surface area contributed by atoms with Crippen LogP contribution in [0.3, 0.4) is 0 Å². The van der Waals surface area contributed by atoms with Crippen LogP contribution in [-0.2, 0) is 11.3 Å². The number of benzene rings is 1. The van der Waals surface area contributed by atoms with E-state index in [0.29, 0.717) is 29.8 Å². The third-order valence-electron chi connectivity index (χ3n) is 6.16. The lowest BCUT2D eigenvalue weighted by Crippen LogP contribution is -2.34. The van der Waals surface area contributed by atoms with Crippen LogP contribution in [0.5, 0.6) is 0 Å². The number of hydrogen-bond donors (Lipinski definition) is 2. The average molecular weight is 434 g/mol. The van der Waals surface area contributed by atoms with Crippen molar-refractivity contribution in [2.75, 3.05) is 25.1 Å². The first-order valence-corrected chi connectivity index (χ1v) is 11.3. The molecule has 2 fully saturated rings. The minimum absolute atomic E-state index is 0.357. The van der Waals surface area contributed by atoms with Gasteiger partial charge >= 0.3 is 6.18 Å². The van der Waals surface area contributed by atoms with Crippen molar-refractivity contribution in [2.45, 2.75) is 69.8 Å². The lowest BCUT2D eigenvalue weighted by Gasteiger charge is -2.24. The molecule has 1 aliphatic carbocycles. The van der Waals surface area contributed by atoms with Crippen molar-refractivity contribution in [3.05, 3.63) is 30.0 Å². The molecule has 2 N–H and O–H groups in total. The fourth-order valence-electron chi connectivity index (χ4n) is 4.56. The van der Waals surface area contributed by atoms with Gasteiger partial charge in [-0.05, 0) is 49.8 Å². The van der Waals surface area contributed by atoms with Crippen LogP contribution in [0.2, 0.25) is 0 Å². The zero-order chi connectivity index (χ0) is 21.7. The maximum absolute atomic E-state index is 13.3. The van der Waals surface area contributed by atoms with Crippen LogP contribution in [0.25, 0.3) is 10.9 Å². The summed E-state index contributed by atoms with van der Waals surface area (Å²) < 4.78 is 46.6. The normalized spacial score (nSPS) is 18.7. The summed E-state index contributed by atoms with van der Waals surface area (Å²) >= 11 is 0. The minimum atomic E-state index is -4.31. The summed E-state index contributed by atoms with van der Waals surface area (Å²) in [7, 11) is 0. The number of nitrogens with one attached hydrogen (secondary N) is 2. The number of fused-ring (bicyclic) bond motifs is 1. The van der Waals surface area contributed by atoms with Crippen LogP contribution in [0.4, 0.5) is 18.9 Å². The first-order valence-electron chi connectivity index (χ1n) is 11.3. The highest BCUT2D eigenvalue weighted by molar-refractivity contribution is 5.94. The van der Waals surface area contributed by atoms with Gasteiger partial charge in [0.1, 0.15) is 6.54 Å². The Bertz CT molecular complexity index is 929. The quantitative estimate of drug-likeness (QED) is 0.647. The summed E-state index contributed by atoms with van der Waals surface area (Å²) in [4.78, 5) is 0. The molecule has 1 aromatic heterocycles. The molecule has 0 atom stereocenters. The Kier molecular flexibility index (Phi) is 7.09. The van der Waals surface area contributed by atoms with Crippen molar-refractivity contribution in [1.29, 1.82) is 0 Å². The van der Waals surface area contributed by atoms with E-state index < -0.39 is 12.7 Å². The predicted octanol–water partition coefficient (Wildman–Crippen LogP) is 5.07. The molecule has 4 nitrogen and oxygen atoms in total. The van der Waals surface area contributed by atoms with Crippen LogP contribution in [0.15, 0.2) is 24.3 Å². The highest BCUT2D eigenvalue weighted by Gasteiger charge is 2.30. The van der Waals surface area contributed by atoms with E-state index in [1.54, 1.807) is 12.1 Å². The molecule has 1 saturated heterocycles. The zero-order valence-electron chi connectivity index (χ0n) is 17.7. The minimum Gasteiger partial charge on any atom is -0.382 e. The topological polar surface area (TPSA) is 38.2 Å². The number of anilines is 1. The molecule has 4 rings (SSSR count). The van der Waals surface area contributed by atoms with E-state index in [9.17, 15) is 13.2 Å². The molecule has 0 unspecified atom stereocenters. The largest absolute Gasteiger partial charge is 0.406 e.